The van der Waals surface area contributed by atoms with Crippen LogP contribution in [0.1, 0.15) is 26.2 Å². The van der Waals surface area contributed by atoms with E-state index in [0.29, 0.717) is 5.69 Å². The van der Waals surface area contributed by atoms with E-state index in [4.69, 9.17) is 0 Å². The van der Waals surface area contributed by atoms with Crippen molar-refractivity contribution in [3.8, 4) is 0 Å². The fourth-order valence-corrected chi connectivity index (χ4v) is 2.06. The van der Waals surface area contributed by atoms with Gasteiger partial charge in [0.25, 0.3) is 0 Å². The first-order chi connectivity index (χ1) is 8.16. The van der Waals surface area contributed by atoms with E-state index in [-0.39, 0.29) is 17.5 Å². The van der Waals surface area contributed by atoms with E-state index < -0.39 is 0 Å². The van der Waals surface area contributed by atoms with E-state index in [2.05, 4.69) is 5.32 Å². The zero-order chi connectivity index (χ0) is 12.3. The smallest absolute Gasteiger partial charge is 0.163 e. The Morgan fingerprint density at radius 1 is 1.47 bits per heavy atom. The van der Waals surface area contributed by atoms with Crippen LogP contribution < -0.4 is 5.32 Å². The molecule has 90 valence electrons. The lowest BCUT2D eigenvalue weighted by molar-refractivity contribution is -0.119. The molecule has 17 heavy (non-hydrogen) atoms. The first-order valence-electron chi connectivity index (χ1n) is 5.92. The number of halogens is 1. The molecule has 1 saturated carbocycles. The third-order valence-electron chi connectivity index (χ3n) is 3.09. The van der Waals surface area contributed by atoms with Gasteiger partial charge < -0.3 is 5.32 Å². The molecule has 3 heteroatoms. The predicted molar refractivity (Wildman–Crippen MR) is 66.1 cm³/mol. The first-order valence-corrected chi connectivity index (χ1v) is 5.92. The first kappa shape index (κ1) is 11.8. The van der Waals surface area contributed by atoms with Gasteiger partial charge in [0.05, 0.1) is 0 Å². The van der Waals surface area contributed by atoms with E-state index >= 15 is 0 Å². The molecule has 1 N–H and O–H groups in total. The van der Waals surface area contributed by atoms with Gasteiger partial charge in [-0.15, -0.1) is 0 Å². The van der Waals surface area contributed by atoms with Crippen molar-refractivity contribution in [3.63, 3.8) is 0 Å². The summed E-state index contributed by atoms with van der Waals surface area (Å²) in [5.74, 6) is 0.0428. The molecule has 0 spiro atoms. The number of rotatable bonds is 2. The molecule has 2 rings (SSSR count). The summed E-state index contributed by atoms with van der Waals surface area (Å²) in [6.45, 7) is 1.96. The van der Waals surface area contributed by atoms with Gasteiger partial charge in [-0.2, -0.15) is 0 Å². The minimum atomic E-state index is -0.281. The standard InChI is InChI=1S/C14H16FNO/c1-10-4-2-5-11(14(10)17)9-16-13-7-3-6-12(15)8-13/h3,6-10,16H,2,4-5H2,1H3. The molecule has 0 aromatic heterocycles. The second kappa shape index (κ2) is 5.13. The van der Waals surface area contributed by atoms with Crippen LogP contribution in [0.2, 0.25) is 0 Å². The molecular weight excluding hydrogens is 217 g/mol. The molecule has 1 aromatic carbocycles. The van der Waals surface area contributed by atoms with Gasteiger partial charge in [-0.25, -0.2) is 4.39 Å². The lowest BCUT2D eigenvalue weighted by Crippen LogP contribution is -2.19. The van der Waals surface area contributed by atoms with Crippen LogP contribution in [0.25, 0.3) is 0 Å². The van der Waals surface area contributed by atoms with Crippen molar-refractivity contribution >= 4 is 11.5 Å². The van der Waals surface area contributed by atoms with Crippen molar-refractivity contribution in [2.45, 2.75) is 26.2 Å². The van der Waals surface area contributed by atoms with Crippen LogP contribution >= 0.6 is 0 Å². The molecule has 0 aliphatic heterocycles. The van der Waals surface area contributed by atoms with Gasteiger partial charge in [-0.3, -0.25) is 4.79 Å². The molecule has 1 unspecified atom stereocenters. The SMILES string of the molecule is CC1CCCC(=CNc2cccc(F)c2)C1=O. The maximum Gasteiger partial charge on any atom is 0.163 e. The molecular formula is C14H16FNO. The molecule has 0 radical (unpaired) electrons. The minimum absolute atomic E-state index is 0.115. The number of anilines is 1. The summed E-state index contributed by atoms with van der Waals surface area (Å²) < 4.78 is 12.9. The normalized spacial score (nSPS) is 22.8. The molecule has 1 aromatic rings. The molecule has 1 fully saturated rings. The highest BCUT2D eigenvalue weighted by atomic mass is 19.1. The third kappa shape index (κ3) is 2.93. The second-order valence-corrected chi connectivity index (χ2v) is 4.48. The van der Waals surface area contributed by atoms with E-state index in [1.807, 2.05) is 6.92 Å². The maximum atomic E-state index is 12.9. The largest absolute Gasteiger partial charge is 0.361 e. The Kier molecular flexibility index (Phi) is 3.57. The number of Topliss-reactive ketones (excluding diaryl/α,β-unsaturated/α-hetero) is 1. The predicted octanol–water partition coefficient (Wildman–Crippen LogP) is 3.51. The number of nitrogens with one attached hydrogen (secondary N) is 1. The molecule has 1 aliphatic rings. The average Bonchev–Trinajstić information content (AvgIpc) is 2.31. The molecule has 0 bridgehead atoms. The topological polar surface area (TPSA) is 29.1 Å². The highest BCUT2D eigenvalue weighted by Gasteiger charge is 2.22. The van der Waals surface area contributed by atoms with Crippen LogP contribution in [0.4, 0.5) is 10.1 Å². The highest BCUT2D eigenvalue weighted by molar-refractivity contribution is 5.97. The maximum absolute atomic E-state index is 12.9. The Bertz CT molecular complexity index is 453. The van der Waals surface area contributed by atoms with Gasteiger partial charge in [0.15, 0.2) is 5.78 Å². The van der Waals surface area contributed by atoms with Crippen LogP contribution in [0.3, 0.4) is 0 Å². The van der Waals surface area contributed by atoms with Crippen molar-refractivity contribution in [2.75, 3.05) is 5.32 Å². The molecule has 0 amide bonds. The Balaban J connectivity index is 2.07. The van der Waals surface area contributed by atoms with Crippen LogP contribution in [0.5, 0.6) is 0 Å². The molecule has 2 nitrogen and oxygen atoms in total. The van der Waals surface area contributed by atoms with E-state index in [1.165, 1.54) is 12.1 Å². The lowest BCUT2D eigenvalue weighted by Gasteiger charge is -2.19. The summed E-state index contributed by atoms with van der Waals surface area (Å²) in [6.07, 6.45) is 4.54. The molecule has 1 atom stereocenters. The summed E-state index contributed by atoms with van der Waals surface area (Å²) in [5.41, 5.74) is 1.48. The zero-order valence-corrected chi connectivity index (χ0v) is 9.87. The van der Waals surface area contributed by atoms with Gasteiger partial charge >= 0.3 is 0 Å². The summed E-state index contributed by atoms with van der Waals surface area (Å²) >= 11 is 0. The molecule has 1 aliphatic carbocycles. The fraction of sp³-hybridized carbons (Fsp3) is 0.357. The van der Waals surface area contributed by atoms with Gasteiger partial charge in [0.2, 0.25) is 0 Å². The quantitative estimate of drug-likeness (QED) is 0.792. The lowest BCUT2D eigenvalue weighted by atomic mass is 9.86. The van der Waals surface area contributed by atoms with Gasteiger partial charge in [-0.05, 0) is 37.5 Å². The average molecular weight is 233 g/mol. The van der Waals surface area contributed by atoms with Crippen LogP contribution in [-0.2, 0) is 4.79 Å². The van der Waals surface area contributed by atoms with Crippen molar-refractivity contribution in [2.24, 2.45) is 5.92 Å². The van der Waals surface area contributed by atoms with Gasteiger partial charge in [-0.1, -0.05) is 13.0 Å². The number of carbonyl (C=O) groups excluding carboxylic acids is 1. The summed E-state index contributed by atoms with van der Waals surface area (Å²) in [4.78, 5) is 11.8. The Morgan fingerprint density at radius 2 is 2.29 bits per heavy atom. The Morgan fingerprint density at radius 3 is 3.06 bits per heavy atom. The van der Waals surface area contributed by atoms with Crippen molar-refractivity contribution < 1.29 is 9.18 Å². The molecule has 0 saturated heterocycles. The second-order valence-electron chi connectivity index (χ2n) is 4.48. The number of benzene rings is 1. The Hall–Kier alpha value is -1.64. The summed E-state index contributed by atoms with van der Waals surface area (Å²) in [6, 6.07) is 6.22. The van der Waals surface area contributed by atoms with Crippen LogP contribution in [0, 0.1) is 11.7 Å². The fourth-order valence-electron chi connectivity index (χ4n) is 2.06. The van der Waals surface area contributed by atoms with Gasteiger partial charge in [0, 0.05) is 23.4 Å². The van der Waals surface area contributed by atoms with Crippen LogP contribution in [-0.4, -0.2) is 5.78 Å². The van der Waals surface area contributed by atoms with E-state index in [1.54, 1.807) is 18.3 Å². The summed E-state index contributed by atoms with van der Waals surface area (Å²) in [5, 5.41) is 2.98. The van der Waals surface area contributed by atoms with Gasteiger partial charge in [0.1, 0.15) is 5.82 Å². The highest BCUT2D eigenvalue weighted by Crippen LogP contribution is 2.24. The number of hydrogen-bond acceptors (Lipinski definition) is 2. The Labute approximate surface area is 101 Å². The molecule has 0 heterocycles. The van der Waals surface area contributed by atoms with E-state index in [0.717, 1.165) is 24.8 Å². The number of hydrogen-bond donors (Lipinski definition) is 1. The monoisotopic (exact) mass is 233 g/mol. The van der Waals surface area contributed by atoms with Crippen molar-refractivity contribution in [1.29, 1.82) is 0 Å². The number of carbonyl (C=O) groups is 1. The third-order valence-corrected chi connectivity index (χ3v) is 3.09. The number of ketones is 1. The van der Waals surface area contributed by atoms with Crippen LogP contribution in [0.15, 0.2) is 36.0 Å². The van der Waals surface area contributed by atoms with E-state index in [9.17, 15) is 9.18 Å². The number of allylic oxidation sites excluding steroid dienone is 1. The minimum Gasteiger partial charge on any atom is -0.361 e. The summed E-state index contributed by atoms with van der Waals surface area (Å²) in [7, 11) is 0. The van der Waals surface area contributed by atoms with Crippen molar-refractivity contribution in [1.82, 2.24) is 0 Å². The zero-order valence-electron chi connectivity index (χ0n) is 9.87. The van der Waals surface area contributed by atoms with Crippen molar-refractivity contribution in [3.05, 3.63) is 41.9 Å².